The maximum absolute atomic E-state index is 12.4. The summed E-state index contributed by atoms with van der Waals surface area (Å²) < 4.78 is 16.0. The zero-order chi connectivity index (χ0) is 23.1. The summed E-state index contributed by atoms with van der Waals surface area (Å²) in [6, 6.07) is 12.8. The van der Waals surface area contributed by atoms with Crippen LogP contribution in [0.3, 0.4) is 0 Å². The monoisotopic (exact) mass is 440 g/mol. The van der Waals surface area contributed by atoms with E-state index in [4.69, 9.17) is 14.2 Å². The fourth-order valence-corrected chi connectivity index (χ4v) is 3.16. The lowest BCUT2D eigenvalue weighted by Crippen LogP contribution is -2.30. The maximum atomic E-state index is 12.4. The highest BCUT2D eigenvalue weighted by Crippen LogP contribution is 2.31. The number of fused-ring (bicyclic) bond motifs is 1. The molecule has 0 aliphatic carbocycles. The minimum Gasteiger partial charge on any atom is -0.486 e. The Kier molecular flexibility index (Phi) is 7.70. The predicted molar refractivity (Wildman–Crippen MR) is 119 cm³/mol. The van der Waals surface area contributed by atoms with Crippen molar-refractivity contribution in [3.05, 3.63) is 53.6 Å². The lowest BCUT2D eigenvalue weighted by molar-refractivity contribution is -0.151. The molecule has 0 saturated carbocycles. The highest BCUT2D eigenvalue weighted by atomic mass is 16.6. The van der Waals surface area contributed by atoms with E-state index in [2.05, 4.69) is 0 Å². The van der Waals surface area contributed by atoms with Crippen LogP contribution in [-0.2, 0) is 20.9 Å². The lowest BCUT2D eigenvalue weighted by atomic mass is 10.1. The highest BCUT2D eigenvalue weighted by Gasteiger charge is 2.17. The lowest BCUT2D eigenvalue weighted by Gasteiger charge is -2.19. The van der Waals surface area contributed by atoms with E-state index >= 15 is 0 Å². The first kappa shape index (κ1) is 23.1. The molecular formula is C24H28N2O6. The Balaban J connectivity index is 1.41. The van der Waals surface area contributed by atoms with E-state index in [1.54, 1.807) is 25.2 Å². The van der Waals surface area contributed by atoms with E-state index in [9.17, 15) is 14.4 Å². The normalized spacial score (nSPS) is 12.1. The Labute approximate surface area is 187 Å². The number of nitrogens with zero attached hydrogens (tertiary/aromatic N) is 2. The molecule has 1 amide bonds. The molecule has 0 aromatic heterocycles. The molecule has 3 rings (SSSR count). The zero-order valence-electron chi connectivity index (χ0n) is 18.6. The number of hydrogen-bond acceptors (Lipinski definition) is 7. The first-order valence-corrected chi connectivity index (χ1v) is 10.4. The summed E-state index contributed by atoms with van der Waals surface area (Å²) in [5, 5.41) is 0. The third kappa shape index (κ3) is 6.23. The Morgan fingerprint density at radius 1 is 0.906 bits per heavy atom. The summed E-state index contributed by atoms with van der Waals surface area (Å²) in [6.45, 7) is 0.958. The van der Waals surface area contributed by atoms with Crippen LogP contribution in [0.4, 0.5) is 5.69 Å². The molecule has 0 N–H and O–H groups in total. The van der Waals surface area contributed by atoms with Crippen LogP contribution < -0.4 is 14.4 Å². The van der Waals surface area contributed by atoms with Gasteiger partial charge in [0.25, 0.3) is 5.91 Å². The minimum absolute atomic E-state index is 0.0132. The van der Waals surface area contributed by atoms with Crippen LogP contribution in [0.2, 0.25) is 0 Å². The van der Waals surface area contributed by atoms with Gasteiger partial charge in [0.15, 0.2) is 23.9 Å². The van der Waals surface area contributed by atoms with Gasteiger partial charge < -0.3 is 24.0 Å². The smallest absolute Gasteiger partial charge is 0.306 e. The number of rotatable bonds is 9. The molecule has 0 fully saturated rings. The topological polar surface area (TPSA) is 85.4 Å². The van der Waals surface area contributed by atoms with Crippen molar-refractivity contribution in [2.24, 2.45) is 0 Å². The molecule has 0 spiro atoms. The van der Waals surface area contributed by atoms with Gasteiger partial charge in [-0.05, 0) is 35.9 Å². The van der Waals surface area contributed by atoms with Crippen molar-refractivity contribution in [3.8, 4) is 11.5 Å². The average molecular weight is 440 g/mol. The number of carbonyl (C=O) groups excluding carboxylic acids is 3. The van der Waals surface area contributed by atoms with Gasteiger partial charge in [0.05, 0.1) is 6.42 Å². The van der Waals surface area contributed by atoms with E-state index < -0.39 is 5.97 Å². The van der Waals surface area contributed by atoms with E-state index in [1.165, 1.54) is 4.90 Å². The molecule has 0 radical (unpaired) electrons. The fourth-order valence-electron chi connectivity index (χ4n) is 3.16. The Hall–Kier alpha value is -3.55. The van der Waals surface area contributed by atoms with E-state index in [0.717, 1.165) is 11.3 Å². The van der Waals surface area contributed by atoms with Crippen LogP contribution >= 0.6 is 0 Å². The number of ketones is 1. The van der Waals surface area contributed by atoms with Crippen molar-refractivity contribution in [3.63, 3.8) is 0 Å². The third-order valence-corrected chi connectivity index (χ3v) is 5.08. The number of benzene rings is 2. The molecule has 170 valence electrons. The van der Waals surface area contributed by atoms with Gasteiger partial charge in [0, 0.05) is 45.4 Å². The van der Waals surface area contributed by atoms with Crippen molar-refractivity contribution in [2.45, 2.75) is 19.4 Å². The Morgan fingerprint density at radius 2 is 1.59 bits per heavy atom. The molecule has 2 aromatic carbocycles. The summed E-state index contributed by atoms with van der Waals surface area (Å²) in [7, 11) is 5.58. The van der Waals surface area contributed by atoms with Crippen LogP contribution in [0, 0.1) is 0 Å². The number of hydrogen-bond donors (Lipinski definition) is 0. The van der Waals surface area contributed by atoms with Crippen LogP contribution in [0.25, 0.3) is 0 Å². The van der Waals surface area contributed by atoms with Gasteiger partial charge in [-0.1, -0.05) is 12.1 Å². The van der Waals surface area contributed by atoms with Crippen molar-refractivity contribution >= 4 is 23.3 Å². The van der Waals surface area contributed by atoms with E-state index in [1.807, 2.05) is 43.3 Å². The number of Topliss-reactive ketones (excluding diaryl/α,β-unsaturated/α-hetero) is 1. The van der Waals surface area contributed by atoms with Crippen molar-refractivity contribution < 1.29 is 28.6 Å². The van der Waals surface area contributed by atoms with Gasteiger partial charge in [0.1, 0.15) is 13.2 Å². The minimum atomic E-state index is -0.590. The van der Waals surface area contributed by atoms with Gasteiger partial charge in [-0.25, -0.2) is 0 Å². The summed E-state index contributed by atoms with van der Waals surface area (Å²) in [5.41, 5.74) is 2.49. The van der Waals surface area contributed by atoms with Gasteiger partial charge >= 0.3 is 5.97 Å². The standard InChI is InChI=1S/C24H28N2O6/c1-25(2)19-7-4-17(5-8-19)15-26(3)23(28)16-32-24(29)11-9-20(27)18-6-10-21-22(14-18)31-13-12-30-21/h4-8,10,14H,9,11-13,15-16H2,1-3H3. The molecule has 1 heterocycles. The summed E-state index contributed by atoms with van der Waals surface area (Å²) in [6.07, 6.45) is -0.114. The summed E-state index contributed by atoms with van der Waals surface area (Å²) in [4.78, 5) is 40.1. The number of ether oxygens (including phenoxy) is 3. The molecule has 0 unspecified atom stereocenters. The van der Waals surface area contributed by atoms with E-state index in [0.29, 0.717) is 36.8 Å². The van der Waals surface area contributed by atoms with E-state index in [-0.39, 0.29) is 31.1 Å². The third-order valence-electron chi connectivity index (χ3n) is 5.08. The van der Waals surface area contributed by atoms with Gasteiger partial charge in [-0.3, -0.25) is 14.4 Å². The number of likely N-dealkylation sites (N-methyl/N-ethyl adjacent to an activating group) is 1. The first-order chi connectivity index (χ1) is 15.3. The van der Waals surface area contributed by atoms with Crippen LogP contribution in [0.5, 0.6) is 11.5 Å². The molecule has 0 atom stereocenters. The number of anilines is 1. The molecule has 8 nitrogen and oxygen atoms in total. The molecule has 2 aromatic rings. The largest absolute Gasteiger partial charge is 0.486 e. The number of carbonyl (C=O) groups is 3. The molecular weight excluding hydrogens is 412 g/mol. The van der Waals surface area contributed by atoms with Gasteiger partial charge in [0.2, 0.25) is 0 Å². The number of esters is 1. The molecule has 1 aliphatic rings. The Bertz CT molecular complexity index is 971. The zero-order valence-corrected chi connectivity index (χ0v) is 18.6. The summed E-state index contributed by atoms with van der Waals surface area (Å²) >= 11 is 0. The maximum Gasteiger partial charge on any atom is 0.306 e. The fraction of sp³-hybridized carbons (Fsp3) is 0.375. The van der Waals surface area contributed by atoms with Crippen LogP contribution in [0.1, 0.15) is 28.8 Å². The van der Waals surface area contributed by atoms with Crippen molar-refractivity contribution in [2.75, 3.05) is 45.9 Å². The number of amides is 1. The van der Waals surface area contributed by atoms with Crippen molar-refractivity contribution in [1.29, 1.82) is 0 Å². The van der Waals surface area contributed by atoms with Gasteiger partial charge in [-0.15, -0.1) is 0 Å². The second-order valence-corrected chi connectivity index (χ2v) is 7.75. The SMILES string of the molecule is CN(Cc1ccc(N(C)C)cc1)C(=O)COC(=O)CCC(=O)c1ccc2c(c1)OCCO2. The van der Waals surface area contributed by atoms with Crippen LogP contribution in [0.15, 0.2) is 42.5 Å². The molecule has 8 heteroatoms. The highest BCUT2D eigenvalue weighted by molar-refractivity contribution is 5.98. The van der Waals surface area contributed by atoms with Crippen LogP contribution in [-0.4, -0.2) is 63.5 Å². The summed E-state index contributed by atoms with van der Waals surface area (Å²) in [5.74, 6) is 0.0165. The second kappa shape index (κ2) is 10.7. The quantitative estimate of drug-likeness (QED) is 0.438. The van der Waals surface area contributed by atoms with Gasteiger partial charge in [-0.2, -0.15) is 0 Å². The Morgan fingerprint density at radius 3 is 2.28 bits per heavy atom. The average Bonchev–Trinajstić information content (AvgIpc) is 2.80. The second-order valence-electron chi connectivity index (χ2n) is 7.75. The predicted octanol–water partition coefficient (Wildman–Crippen LogP) is 2.69. The van der Waals surface area contributed by atoms with Crippen molar-refractivity contribution in [1.82, 2.24) is 4.90 Å². The molecule has 1 aliphatic heterocycles. The molecule has 0 bridgehead atoms. The molecule has 0 saturated heterocycles. The molecule has 32 heavy (non-hydrogen) atoms. The first-order valence-electron chi connectivity index (χ1n) is 10.4.